The summed E-state index contributed by atoms with van der Waals surface area (Å²) in [5.74, 6) is 0. The van der Waals surface area contributed by atoms with E-state index >= 15 is 0 Å². The third-order valence-corrected chi connectivity index (χ3v) is 0.707. The fraction of sp³-hybridized carbons (Fsp3) is 1.00. The van der Waals surface area contributed by atoms with E-state index in [4.69, 9.17) is 0 Å². The highest BCUT2D eigenvalue weighted by molar-refractivity contribution is 4.51. The quantitative estimate of drug-likeness (QED) is 0.398. The van der Waals surface area contributed by atoms with Gasteiger partial charge in [-0.1, -0.05) is 170 Å². The topological polar surface area (TPSA) is 0 Å². The minimum atomic E-state index is 1.25. The van der Waals surface area contributed by atoms with Gasteiger partial charge in [-0.15, -0.1) is 0 Å². The van der Waals surface area contributed by atoms with Crippen LogP contribution in [0.1, 0.15) is 170 Å². The first-order valence-electron chi connectivity index (χ1n) is 12.4. The molecule has 25 heavy (non-hydrogen) atoms. The Morgan fingerprint density at radius 2 is 0.320 bits per heavy atom. The van der Waals surface area contributed by atoms with E-state index in [-0.39, 0.29) is 0 Å². The molecule has 2 fully saturated rings. The zero-order chi connectivity index (χ0) is 22.9. The normalized spacial score (nSPS) is 8.40. The molecule has 168 valence electrons. The minimum Gasteiger partial charge on any atom is -0.0683 e. The molecule has 2 rings (SSSR count). The van der Waals surface area contributed by atoms with Crippen molar-refractivity contribution in [2.24, 2.45) is 0 Å². The van der Waals surface area contributed by atoms with E-state index in [1.165, 1.54) is 44.9 Å². The smallest absolute Gasteiger partial charge is 0.0533 e. The molecule has 0 aromatic carbocycles. The van der Waals surface area contributed by atoms with Crippen LogP contribution in [0.25, 0.3) is 0 Å². The molecule has 0 aromatic heterocycles. The lowest BCUT2D eigenvalue weighted by atomic mass is 10.6. The maximum Gasteiger partial charge on any atom is -0.0533 e. The summed E-state index contributed by atoms with van der Waals surface area (Å²) in [4.78, 5) is 0. The Labute approximate surface area is 170 Å². The van der Waals surface area contributed by atoms with Crippen LogP contribution in [0, 0.1) is 0 Å². The van der Waals surface area contributed by atoms with Crippen LogP contribution in [0.4, 0.5) is 0 Å². The Morgan fingerprint density at radius 3 is 0.320 bits per heavy atom. The van der Waals surface area contributed by atoms with Gasteiger partial charge < -0.3 is 0 Å². The predicted molar refractivity (Wildman–Crippen MR) is 134 cm³/mol. The van der Waals surface area contributed by atoms with Gasteiger partial charge in [0.25, 0.3) is 0 Å². The first-order chi connectivity index (χ1) is 12.4. The second kappa shape index (κ2) is 259. The Bertz CT molecular complexity index is 23.8. The van der Waals surface area contributed by atoms with E-state index in [0.29, 0.717) is 0 Å². The molecule has 0 aliphatic heterocycles. The van der Waals surface area contributed by atoms with Crippen molar-refractivity contribution in [3.8, 4) is 0 Å². The summed E-state index contributed by atoms with van der Waals surface area (Å²) < 4.78 is 0. The van der Waals surface area contributed by atoms with Gasteiger partial charge in [-0.25, -0.2) is 0 Å². The maximum absolute atomic E-state index is 2.12. The van der Waals surface area contributed by atoms with Crippen LogP contribution in [0.15, 0.2) is 0 Å². The SMILES string of the molecule is C1CC1.C1CC1.CC.CC.CC.CC.CC.CC.CC.CC.CCC. The molecule has 0 unspecified atom stereocenters. The predicted octanol–water partition coefficient (Wildman–Crippen LogP) is 12.0. The summed E-state index contributed by atoms with van der Waals surface area (Å²) in [6.07, 6.45) is 10.2. The molecule has 0 atom stereocenters. The molecule has 0 amide bonds. The molecule has 0 heterocycles. The third kappa shape index (κ3) is 2900. The minimum absolute atomic E-state index is 1.25. The highest BCUT2D eigenvalue weighted by atomic mass is 14.0. The molecule has 0 saturated heterocycles. The molecular weight excluding hydrogens is 300 g/mol. The van der Waals surface area contributed by atoms with Crippen molar-refractivity contribution in [3.63, 3.8) is 0 Å². The van der Waals surface area contributed by atoms with Crippen LogP contribution in [-0.2, 0) is 0 Å². The van der Waals surface area contributed by atoms with E-state index in [0.717, 1.165) is 0 Å². The fourth-order valence-corrected chi connectivity index (χ4v) is 0. The Hall–Kier alpha value is 0. The number of hydrogen-bond donors (Lipinski definition) is 0. The zero-order valence-corrected chi connectivity index (χ0v) is 22.9. The third-order valence-electron chi connectivity index (χ3n) is 0.707. The molecule has 2 aliphatic carbocycles. The number of hydrogen-bond acceptors (Lipinski definition) is 0. The van der Waals surface area contributed by atoms with Gasteiger partial charge in [0.1, 0.15) is 0 Å². The standard InChI is InChI=1S/2C3H6.C3H8.8C2H6/c2*1-2-3-1;1-3-2;8*1-2/h2*1-3H2;3H2,1-2H3;8*1-2H3. The van der Waals surface area contributed by atoms with Crippen LogP contribution in [0.3, 0.4) is 0 Å². The van der Waals surface area contributed by atoms with Crippen molar-refractivity contribution in [1.29, 1.82) is 0 Å². The summed E-state index contributed by atoms with van der Waals surface area (Å²) in [5, 5.41) is 0. The summed E-state index contributed by atoms with van der Waals surface area (Å²) in [6.45, 7) is 36.2. The molecule has 0 bridgehead atoms. The molecule has 0 N–H and O–H groups in total. The number of rotatable bonds is 0. The van der Waals surface area contributed by atoms with Crippen molar-refractivity contribution in [3.05, 3.63) is 0 Å². The van der Waals surface area contributed by atoms with E-state index < -0.39 is 0 Å². The molecule has 0 aromatic rings. The van der Waals surface area contributed by atoms with Gasteiger partial charge in [0, 0.05) is 0 Å². The zero-order valence-electron chi connectivity index (χ0n) is 22.9. The lowest BCUT2D eigenvalue weighted by Crippen LogP contribution is -1.27. The molecule has 0 radical (unpaired) electrons. The Balaban J connectivity index is -0.0000000163. The van der Waals surface area contributed by atoms with Gasteiger partial charge in [0.05, 0.1) is 0 Å². The van der Waals surface area contributed by atoms with Crippen molar-refractivity contribution < 1.29 is 0 Å². The second-order valence-corrected chi connectivity index (χ2v) is 2.83. The highest BCUT2D eigenvalue weighted by Crippen LogP contribution is 2.15. The molecule has 2 saturated carbocycles. The molecule has 0 heteroatoms. The summed E-state index contributed by atoms with van der Waals surface area (Å²) in [7, 11) is 0. The lowest BCUT2D eigenvalue weighted by Gasteiger charge is -1.48. The van der Waals surface area contributed by atoms with Crippen molar-refractivity contribution in [2.75, 3.05) is 0 Å². The van der Waals surface area contributed by atoms with Gasteiger partial charge >= 0.3 is 0 Å². The molecule has 2 aliphatic rings. The summed E-state index contributed by atoms with van der Waals surface area (Å²) in [6, 6.07) is 0. The van der Waals surface area contributed by atoms with Gasteiger partial charge in [-0.05, 0) is 0 Å². The maximum atomic E-state index is 2.12. The highest BCUT2D eigenvalue weighted by Gasteiger charge is 1.95. The van der Waals surface area contributed by atoms with Crippen LogP contribution < -0.4 is 0 Å². The van der Waals surface area contributed by atoms with Gasteiger partial charge in [0.2, 0.25) is 0 Å². The van der Waals surface area contributed by atoms with Gasteiger partial charge in [0.15, 0.2) is 0 Å². The van der Waals surface area contributed by atoms with Crippen LogP contribution in [0.2, 0.25) is 0 Å². The van der Waals surface area contributed by atoms with Crippen LogP contribution in [-0.4, -0.2) is 0 Å². The van der Waals surface area contributed by atoms with Crippen LogP contribution >= 0.6 is 0 Å². The van der Waals surface area contributed by atoms with Crippen molar-refractivity contribution in [1.82, 2.24) is 0 Å². The monoisotopic (exact) mass is 369 g/mol. The van der Waals surface area contributed by atoms with E-state index in [1.54, 1.807) is 0 Å². The lowest BCUT2D eigenvalue weighted by molar-refractivity contribution is 1.09. The van der Waals surface area contributed by atoms with Gasteiger partial charge in [-0.2, -0.15) is 0 Å². The van der Waals surface area contributed by atoms with E-state index in [9.17, 15) is 0 Å². The van der Waals surface area contributed by atoms with Crippen LogP contribution in [0.5, 0.6) is 0 Å². The Kier molecular flexibility index (Phi) is 583. The average Bonchev–Trinajstić information content (AvgIpc) is 3.65. The molecule has 0 spiro atoms. The van der Waals surface area contributed by atoms with E-state index in [1.807, 2.05) is 111 Å². The van der Waals surface area contributed by atoms with Crippen molar-refractivity contribution >= 4 is 0 Å². The first-order valence-corrected chi connectivity index (χ1v) is 12.4. The van der Waals surface area contributed by atoms with Gasteiger partial charge in [-0.3, -0.25) is 0 Å². The second-order valence-electron chi connectivity index (χ2n) is 2.83. The van der Waals surface area contributed by atoms with E-state index in [2.05, 4.69) is 13.8 Å². The first kappa shape index (κ1) is 56.2. The Morgan fingerprint density at radius 1 is 0.280 bits per heavy atom. The summed E-state index contributed by atoms with van der Waals surface area (Å²) >= 11 is 0. The molecular formula is C25H68. The van der Waals surface area contributed by atoms with Crippen molar-refractivity contribution in [2.45, 2.75) is 170 Å². The average molecular weight is 369 g/mol. The molecule has 0 nitrogen and oxygen atoms in total. The fourth-order valence-electron chi connectivity index (χ4n) is 0. The summed E-state index contributed by atoms with van der Waals surface area (Å²) in [5.41, 5.74) is 0. The largest absolute Gasteiger partial charge is 0.0683 e.